The highest BCUT2D eigenvalue weighted by molar-refractivity contribution is 6.08. The molecule has 2 unspecified atom stereocenters. The lowest BCUT2D eigenvalue weighted by Gasteiger charge is -2.42. The van der Waals surface area contributed by atoms with Crippen molar-refractivity contribution in [3.63, 3.8) is 0 Å². The highest BCUT2D eigenvalue weighted by Gasteiger charge is 2.45. The molecule has 9 heteroatoms. The number of hydrogen-bond donors (Lipinski definition) is 3. The molecule has 1 aliphatic heterocycles. The maximum atomic E-state index is 13.7. The first-order valence-corrected chi connectivity index (χ1v) is 12.2. The van der Waals surface area contributed by atoms with E-state index in [4.69, 9.17) is 5.73 Å². The second kappa shape index (κ2) is 10.3. The SMILES string of the molecule is Cc1ccc(N2CCN(C(=O)c3ccccc3)C(C(O)C(=O)Nc3ccc4c(N)nccc4c3)C2=O)cc1. The van der Waals surface area contributed by atoms with Gasteiger partial charge >= 0.3 is 0 Å². The van der Waals surface area contributed by atoms with Crippen LogP contribution in [0.2, 0.25) is 0 Å². The number of nitrogens with two attached hydrogens (primary N) is 1. The number of benzene rings is 3. The Hall–Kier alpha value is -4.76. The third kappa shape index (κ3) is 4.79. The molecule has 4 N–H and O–H groups in total. The fourth-order valence-electron chi connectivity index (χ4n) is 4.65. The lowest BCUT2D eigenvalue weighted by Crippen LogP contribution is -2.64. The molecule has 0 radical (unpaired) electrons. The number of piperazine rings is 1. The van der Waals surface area contributed by atoms with Crippen LogP contribution in [0.25, 0.3) is 10.8 Å². The van der Waals surface area contributed by atoms with E-state index in [1.165, 1.54) is 9.80 Å². The third-order valence-corrected chi connectivity index (χ3v) is 6.68. The number of aryl methyl sites for hydroxylation is 1. The topological polar surface area (TPSA) is 129 Å². The minimum Gasteiger partial charge on any atom is -0.383 e. The molecule has 192 valence electrons. The number of carbonyl (C=O) groups excluding carboxylic acids is 3. The zero-order valence-corrected chi connectivity index (χ0v) is 20.7. The number of fused-ring (bicyclic) bond motifs is 1. The zero-order valence-electron chi connectivity index (χ0n) is 20.7. The summed E-state index contributed by atoms with van der Waals surface area (Å²) < 4.78 is 0. The Bertz CT molecular complexity index is 1510. The van der Waals surface area contributed by atoms with E-state index in [2.05, 4.69) is 10.3 Å². The number of nitrogens with one attached hydrogen (secondary N) is 1. The molecule has 1 aromatic heterocycles. The first kappa shape index (κ1) is 24.9. The summed E-state index contributed by atoms with van der Waals surface area (Å²) in [6, 6.07) is 21.3. The van der Waals surface area contributed by atoms with Crippen molar-refractivity contribution in [1.29, 1.82) is 0 Å². The van der Waals surface area contributed by atoms with Gasteiger partial charge < -0.3 is 26.0 Å². The number of aliphatic hydroxyl groups excluding tert-OH is 1. The van der Waals surface area contributed by atoms with Crippen molar-refractivity contribution in [2.45, 2.75) is 19.1 Å². The molecule has 3 aromatic carbocycles. The lowest BCUT2D eigenvalue weighted by atomic mass is 10.0. The van der Waals surface area contributed by atoms with Crippen molar-refractivity contribution < 1.29 is 19.5 Å². The van der Waals surface area contributed by atoms with Gasteiger partial charge in [0.05, 0.1) is 0 Å². The summed E-state index contributed by atoms with van der Waals surface area (Å²) in [5.41, 5.74) is 8.34. The van der Waals surface area contributed by atoms with E-state index in [0.29, 0.717) is 22.8 Å². The number of aliphatic hydroxyl groups is 1. The van der Waals surface area contributed by atoms with Gasteiger partial charge in [0.15, 0.2) is 6.10 Å². The maximum Gasteiger partial charge on any atom is 0.255 e. The molecule has 2 heterocycles. The van der Waals surface area contributed by atoms with Gasteiger partial charge in [-0.25, -0.2) is 4.98 Å². The summed E-state index contributed by atoms with van der Waals surface area (Å²) in [4.78, 5) is 47.2. The zero-order chi connectivity index (χ0) is 26.8. The van der Waals surface area contributed by atoms with Gasteiger partial charge in [-0.3, -0.25) is 14.4 Å². The molecule has 38 heavy (non-hydrogen) atoms. The first-order valence-electron chi connectivity index (χ1n) is 12.2. The minimum atomic E-state index is -1.82. The smallest absolute Gasteiger partial charge is 0.255 e. The minimum absolute atomic E-state index is 0.143. The third-order valence-electron chi connectivity index (χ3n) is 6.68. The molecule has 0 saturated carbocycles. The molecule has 0 spiro atoms. The first-order chi connectivity index (χ1) is 18.3. The molecule has 3 amide bonds. The van der Waals surface area contributed by atoms with Crippen LogP contribution < -0.4 is 16.0 Å². The Labute approximate surface area is 219 Å². The number of anilines is 3. The molecular formula is C29H27N5O4. The average Bonchev–Trinajstić information content (AvgIpc) is 2.93. The molecule has 1 saturated heterocycles. The highest BCUT2D eigenvalue weighted by Crippen LogP contribution is 2.26. The molecule has 9 nitrogen and oxygen atoms in total. The van der Waals surface area contributed by atoms with Crippen LogP contribution in [0.3, 0.4) is 0 Å². The Kier molecular flexibility index (Phi) is 6.76. The van der Waals surface area contributed by atoms with Crippen molar-refractivity contribution in [2.24, 2.45) is 0 Å². The predicted molar refractivity (Wildman–Crippen MR) is 146 cm³/mol. The normalized spacial score (nSPS) is 16.4. The summed E-state index contributed by atoms with van der Waals surface area (Å²) >= 11 is 0. The van der Waals surface area contributed by atoms with Crippen molar-refractivity contribution >= 4 is 45.7 Å². The number of nitrogen functional groups attached to an aromatic ring is 1. The van der Waals surface area contributed by atoms with Crippen LogP contribution in [0.4, 0.5) is 17.2 Å². The molecule has 2 atom stereocenters. The number of nitrogens with zero attached hydrogens (tertiary/aromatic N) is 3. The second-order valence-corrected chi connectivity index (χ2v) is 9.20. The van der Waals surface area contributed by atoms with Crippen molar-refractivity contribution in [3.8, 4) is 0 Å². The molecular weight excluding hydrogens is 482 g/mol. The van der Waals surface area contributed by atoms with Crippen molar-refractivity contribution in [2.75, 3.05) is 29.0 Å². The Balaban J connectivity index is 1.45. The van der Waals surface area contributed by atoms with Gasteiger partial charge in [-0.15, -0.1) is 0 Å². The number of hydrogen-bond acceptors (Lipinski definition) is 6. The van der Waals surface area contributed by atoms with Crippen LogP contribution in [0.15, 0.2) is 85.1 Å². The average molecular weight is 510 g/mol. The fraction of sp³-hybridized carbons (Fsp3) is 0.172. The summed E-state index contributed by atoms with van der Waals surface area (Å²) in [5, 5.41) is 15.4. The molecule has 0 bridgehead atoms. The van der Waals surface area contributed by atoms with Crippen LogP contribution in [0.5, 0.6) is 0 Å². The van der Waals surface area contributed by atoms with Crippen molar-refractivity contribution in [3.05, 3.63) is 96.2 Å². The molecule has 0 aliphatic carbocycles. The van der Waals surface area contributed by atoms with E-state index < -0.39 is 29.9 Å². The standard InChI is InChI=1S/C29H27N5O4/c1-18-7-10-22(11-8-18)33-15-16-34(28(37)19-5-3-2-4-6-19)24(29(33)38)25(35)27(36)32-21-9-12-23-20(17-21)13-14-31-26(23)30/h2-14,17,24-25,35H,15-16H2,1H3,(H2,30,31)(H,32,36). The van der Waals surface area contributed by atoms with Crippen molar-refractivity contribution in [1.82, 2.24) is 9.88 Å². The van der Waals surface area contributed by atoms with Crippen LogP contribution in [-0.4, -0.2) is 57.9 Å². The van der Waals surface area contributed by atoms with Gasteiger partial charge in [0.25, 0.3) is 17.7 Å². The lowest BCUT2D eigenvalue weighted by molar-refractivity contribution is -0.137. The van der Waals surface area contributed by atoms with Gasteiger partial charge in [-0.05, 0) is 60.8 Å². The predicted octanol–water partition coefficient (Wildman–Crippen LogP) is 2.98. The molecule has 4 aromatic rings. The van der Waals surface area contributed by atoms with Gasteiger partial charge in [0, 0.05) is 41.6 Å². The number of amides is 3. The molecule has 1 fully saturated rings. The Morgan fingerprint density at radius 2 is 1.76 bits per heavy atom. The van der Waals surface area contributed by atoms with E-state index in [1.807, 2.05) is 19.1 Å². The monoisotopic (exact) mass is 509 g/mol. The van der Waals surface area contributed by atoms with E-state index >= 15 is 0 Å². The van der Waals surface area contributed by atoms with Gasteiger partial charge in [0.1, 0.15) is 11.9 Å². The number of aromatic nitrogens is 1. The summed E-state index contributed by atoms with van der Waals surface area (Å²) in [6.45, 7) is 2.31. The van der Waals surface area contributed by atoms with E-state index in [0.717, 1.165) is 16.3 Å². The Morgan fingerprint density at radius 1 is 1.03 bits per heavy atom. The van der Waals surface area contributed by atoms with Crippen LogP contribution in [0.1, 0.15) is 15.9 Å². The summed E-state index contributed by atoms with van der Waals surface area (Å²) in [5.74, 6) is -1.42. The molecule has 1 aliphatic rings. The van der Waals surface area contributed by atoms with Crippen LogP contribution in [0, 0.1) is 6.92 Å². The van der Waals surface area contributed by atoms with E-state index in [1.54, 1.807) is 72.9 Å². The maximum absolute atomic E-state index is 13.7. The fourth-order valence-corrected chi connectivity index (χ4v) is 4.65. The second-order valence-electron chi connectivity index (χ2n) is 9.20. The van der Waals surface area contributed by atoms with E-state index in [9.17, 15) is 19.5 Å². The Morgan fingerprint density at radius 3 is 2.50 bits per heavy atom. The summed E-state index contributed by atoms with van der Waals surface area (Å²) in [6.07, 6.45) is -0.257. The van der Waals surface area contributed by atoms with Gasteiger partial charge in [0.2, 0.25) is 0 Å². The van der Waals surface area contributed by atoms with Gasteiger partial charge in [-0.2, -0.15) is 0 Å². The quantitative estimate of drug-likeness (QED) is 0.379. The van der Waals surface area contributed by atoms with Gasteiger partial charge in [-0.1, -0.05) is 35.9 Å². The number of carbonyl (C=O) groups is 3. The largest absolute Gasteiger partial charge is 0.383 e. The molecule has 5 rings (SSSR count). The number of pyridine rings is 1. The number of rotatable bonds is 5. The highest BCUT2D eigenvalue weighted by atomic mass is 16.3. The van der Waals surface area contributed by atoms with Crippen LogP contribution in [-0.2, 0) is 9.59 Å². The summed E-state index contributed by atoms with van der Waals surface area (Å²) in [7, 11) is 0. The van der Waals surface area contributed by atoms with Crippen LogP contribution >= 0.6 is 0 Å². The van der Waals surface area contributed by atoms with E-state index in [-0.39, 0.29) is 13.1 Å².